The van der Waals surface area contributed by atoms with Gasteiger partial charge in [-0.1, -0.05) is 17.7 Å². The fourth-order valence-corrected chi connectivity index (χ4v) is 2.16. The number of carbonyl (C=O) groups is 1. The van der Waals surface area contributed by atoms with Crippen molar-refractivity contribution in [1.82, 2.24) is 4.98 Å². The van der Waals surface area contributed by atoms with Gasteiger partial charge in [0.1, 0.15) is 5.75 Å². The number of nitrogens with zero attached hydrogens (tertiary/aromatic N) is 2. The zero-order chi connectivity index (χ0) is 17.7. The molecule has 9 heteroatoms. The Morgan fingerprint density at radius 2 is 2.12 bits per heavy atom. The topological polar surface area (TPSA) is 104 Å². The number of hydrogen-bond acceptors (Lipinski definition) is 7. The molecule has 0 aliphatic heterocycles. The minimum Gasteiger partial charge on any atom is -0.496 e. The first-order valence-corrected chi connectivity index (χ1v) is 7.13. The molecule has 1 aromatic carbocycles. The Hall–Kier alpha value is -2.87. The lowest BCUT2D eigenvalue weighted by molar-refractivity contribution is -0.384. The smallest absolute Gasteiger partial charge is 0.339 e. The summed E-state index contributed by atoms with van der Waals surface area (Å²) < 4.78 is 9.75. The molecular weight excluding hydrogens is 338 g/mol. The summed E-state index contributed by atoms with van der Waals surface area (Å²) in [5.74, 6) is -0.120. The maximum Gasteiger partial charge on any atom is 0.339 e. The molecule has 1 aromatic heterocycles. The Bertz CT molecular complexity index is 782. The fraction of sp³-hybridized carbons (Fsp3) is 0.200. The maximum absolute atomic E-state index is 11.5. The number of nitrogens with one attached hydrogen (secondary N) is 1. The fourth-order valence-electron chi connectivity index (χ4n) is 2.00. The molecular formula is C15H14ClN3O5. The molecule has 0 unspecified atom stereocenters. The number of nitro groups is 1. The second kappa shape index (κ2) is 7.60. The van der Waals surface area contributed by atoms with Crippen molar-refractivity contribution in [2.24, 2.45) is 0 Å². The van der Waals surface area contributed by atoms with Crippen molar-refractivity contribution >= 4 is 29.1 Å². The predicted molar refractivity (Wildman–Crippen MR) is 87.6 cm³/mol. The first-order chi connectivity index (χ1) is 11.5. The van der Waals surface area contributed by atoms with E-state index in [2.05, 4.69) is 15.0 Å². The van der Waals surface area contributed by atoms with Crippen molar-refractivity contribution in [3.05, 3.63) is 56.7 Å². The number of esters is 1. The Kier molecular flexibility index (Phi) is 5.54. The highest BCUT2D eigenvalue weighted by atomic mass is 35.5. The molecule has 0 spiro atoms. The third-order valence-electron chi connectivity index (χ3n) is 3.18. The third kappa shape index (κ3) is 3.90. The molecule has 0 bridgehead atoms. The Morgan fingerprint density at radius 3 is 2.75 bits per heavy atom. The highest BCUT2D eigenvalue weighted by Gasteiger charge is 2.19. The van der Waals surface area contributed by atoms with Crippen molar-refractivity contribution in [3.8, 4) is 5.75 Å². The van der Waals surface area contributed by atoms with E-state index in [0.29, 0.717) is 10.8 Å². The van der Waals surface area contributed by atoms with Crippen molar-refractivity contribution in [2.75, 3.05) is 19.5 Å². The van der Waals surface area contributed by atoms with Crippen LogP contribution in [-0.4, -0.2) is 30.1 Å². The highest BCUT2D eigenvalue weighted by Crippen LogP contribution is 2.27. The highest BCUT2D eigenvalue weighted by molar-refractivity contribution is 6.30. The van der Waals surface area contributed by atoms with E-state index in [9.17, 15) is 14.9 Å². The monoisotopic (exact) mass is 351 g/mol. The summed E-state index contributed by atoms with van der Waals surface area (Å²) in [4.78, 5) is 26.0. The van der Waals surface area contributed by atoms with E-state index in [1.54, 1.807) is 18.2 Å². The van der Waals surface area contributed by atoms with Crippen LogP contribution in [-0.2, 0) is 11.3 Å². The Morgan fingerprint density at radius 1 is 1.38 bits per heavy atom. The number of ether oxygens (including phenoxy) is 2. The van der Waals surface area contributed by atoms with Gasteiger partial charge in [-0.25, -0.2) is 9.78 Å². The van der Waals surface area contributed by atoms with Gasteiger partial charge in [-0.3, -0.25) is 10.1 Å². The van der Waals surface area contributed by atoms with Crippen LogP contribution in [0.2, 0.25) is 5.02 Å². The first kappa shape index (κ1) is 17.5. The molecule has 24 heavy (non-hydrogen) atoms. The molecule has 0 saturated carbocycles. The average molecular weight is 352 g/mol. The predicted octanol–water partition coefficient (Wildman–Crippen LogP) is 3.05. The van der Waals surface area contributed by atoms with E-state index in [-0.39, 0.29) is 23.6 Å². The van der Waals surface area contributed by atoms with Gasteiger partial charge in [0.25, 0.3) is 0 Å². The lowest BCUT2D eigenvalue weighted by Gasteiger charge is -2.11. The number of halogens is 1. The van der Waals surface area contributed by atoms with Gasteiger partial charge in [0.15, 0.2) is 0 Å². The average Bonchev–Trinajstić information content (AvgIpc) is 2.59. The normalized spacial score (nSPS) is 10.1. The number of aromatic nitrogens is 1. The quantitative estimate of drug-likeness (QED) is 0.484. The van der Waals surface area contributed by atoms with E-state index in [0.717, 1.165) is 11.6 Å². The summed E-state index contributed by atoms with van der Waals surface area (Å²) in [7, 11) is 2.69. The summed E-state index contributed by atoms with van der Waals surface area (Å²) in [5.41, 5.74) is 0.416. The van der Waals surface area contributed by atoms with E-state index < -0.39 is 10.9 Å². The summed E-state index contributed by atoms with van der Waals surface area (Å²) >= 11 is 5.89. The first-order valence-electron chi connectivity index (χ1n) is 6.75. The lowest BCUT2D eigenvalue weighted by atomic mass is 10.2. The molecule has 8 nitrogen and oxygen atoms in total. The molecule has 0 aliphatic rings. The third-order valence-corrected chi connectivity index (χ3v) is 3.42. The van der Waals surface area contributed by atoms with Crippen LogP contribution < -0.4 is 10.1 Å². The lowest BCUT2D eigenvalue weighted by Crippen LogP contribution is -2.08. The molecule has 0 amide bonds. The van der Waals surface area contributed by atoms with Crippen LogP contribution in [0, 0.1) is 10.1 Å². The Balaban J connectivity index is 2.26. The standard InChI is InChI=1S/C15H14ClN3O5/c1-23-13-6-11(16)4-3-9(13)7-17-14-12(19(21)22)5-10(8-18-14)15(20)24-2/h3-6,8H,7H2,1-2H3,(H,17,18). The summed E-state index contributed by atoms with van der Waals surface area (Å²) in [6.07, 6.45) is 1.21. The number of anilines is 1. The number of benzene rings is 1. The SMILES string of the molecule is COC(=O)c1cnc(NCc2ccc(Cl)cc2OC)c([N+](=O)[O-])c1. The van der Waals surface area contributed by atoms with Gasteiger partial charge < -0.3 is 14.8 Å². The van der Waals surface area contributed by atoms with Gasteiger partial charge >= 0.3 is 11.7 Å². The molecule has 0 atom stereocenters. The Labute approximate surface area is 142 Å². The molecule has 0 aliphatic carbocycles. The number of carbonyl (C=O) groups excluding carboxylic acids is 1. The van der Waals surface area contributed by atoms with Crippen LogP contribution in [0.5, 0.6) is 5.75 Å². The van der Waals surface area contributed by atoms with Crippen molar-refractivity contribution in [1.29, 1.82) is 0 Å². The molecule has 2 rings (SSSR count). The van der Waals surface area contributed by atoms with Crippen LogP contribution in [0.25, 0.3) is 0 Å². The van der Waals surface area contributed by atoms with Crippen molar-refractivity contribution < 1.29 is 19.2 Å². The zero-order valence-corrected chi connectivity index (χ0v) is 13.7. The van der Waals surface area contributed by atoms with E-state index in [1.165, 1.54) is 20.4 Å². The molecule has 0 saturated heterocycles. The van der Waals surface area contributed by atoms with Crippen molar-refractivity contribution in [2.45, 2.75) is 6.54 Å². The zero-order valence-electron chi connectivity index (χ0n) is 12.9. The van der Waals surface area contributed by atoms with Crippen molar-refractivity contribution in [3.63, 3.8) is 0 Å². The number of hydrogen-bond donors (Lipinski definition) is 1. The summed E-state index contributed by atoms with van der Waals surface area (Å²) in [5, 5.41) is 14.6. The molecule has 126 valence electrons. The van der Waals surface area contributed by atoms with Crippen LogP contribution in [0.15, 0.2) is 30.5 Å². The van der Waals surface area contributed by atoms with Crippen LogP contribution in [0.3, 0.4) is 0 Å². The second-order valence-electron chi connectivity index (χ2n) is 4.65. The number of rotatable bonds is 6. The second-order valence-corrected chi connectivity index (χ2v) is 5.09. The minimum atomic E-state index is -0.698. The van der Waals surface area contributed by atoms with E-state index in [4.69, 9.17) is 16.3 Å². The van der Waals surface area contributed by atoms with Crippen LogP contribution in [0.1, 0.15) is 15.9 Å². The van der Waals surface area contributed by atoms with Gasteiger partial charge in [0.05, 0.1) is 24.7 Å². The minimum absolute atomic E-state index is 0.00109. The van der Waals surface area contributed by atoms with Gasteiger partial charge in [-0.2, -0.15) is 0 Å². The maximum atomic E-state index is 11.5. The van der Waals surface area contributed by atoms with Gasteiger partial charge in [-0.15, -0.1) is 0 Å². The molecule has 1 N–H and O–H groups in total. The van der Waals surface area contributed by atoms with Gasteiger partial charge in [0, 0.05) is 29.4 Å². The molecule has 2 aromatic rings. The van der Waals surface area contributed by atoms with Crippen LogP contribution in [0.4, 0.5) is 11.5 Å². The van der Waals surface area contributed by atoms with Gasteiger partial charge in [0.2, 0.25) is 5.82 Å². The molecule has 0 fully saturated rings. The van der Waals surface area contributed by atoms with E-state index in [1.807, 2.05) is 0 Å². The number of pyridine rings is 1. The summed E-state index contributed by atoms with van der Waals surface area (Å²) in [6.45, 7) is 0.228. The van der Waals surface area contributed by atoms with Crippen LogP contribution >= 0.6 is 11.6 Å². The van der Waals surface area contributed by atoms with E-state index >= 15 is 0 Å². The number of methoxy groups -OCH3 is 2. The molecule has 0 radical (unpaired) electrons. The van der Waals surface area contributed by atoms with Gasteiger partial charge in [-0.05, 0) is 12.1 Å². The molecule has 1 heterocycles. The summed E-state index contributed by atoms with van der Waals surface area (Å²) in [6, 6.07) is 6.17. The largest absolute Gasteiger partial charge is 0.496 e.